The van der Waals surface area contributed by atoms with Crippen LogP contribution in [-0.4, -0.2) is 40.5 Å². The quantitative estimate of drug-likeness (QED) is 0.454. The summed E-state index contributed by atoms with van der Waals surface area (Å²) in [4.78, 5) is 16.3. The van der Waals surface area contributed by atoms with Gasteiger partial charge in [-0.1, -0.05) is 48.5 Å². The number of carbonyl (C=O) groups excluding carboxylic acids is 1. The molecule has 0 saturated heterocycles. The molecule has 2 unspecified atom stereocenters. The molecule has 0 aliphatic heterocycles. The number of nitrogens with two attached hydrogens (primary N) is 1. The number of nitrogen functional groups attached to an aromatic ring is 1. The first-order chi connectivity index (χ1) is 15.5. The number of ether oxygens (including phenoxy) is 1. The summed E-state index contributed by atoms with van der Waals surface area (Å²) < 4.78 is 5.48. The molecule has 166 valence electrons. The van der Waals surface area contributed by atoms with E-state index in [-0.39, 0.29) is 25.5 Å². The van der Waals surface area contributed by atoms with Crippen molar-refractivity contribution in [3.05, 3.63) is 83.2 Å². The van der Waals surface area contributed by atoms with Crippen molar-refractivity contribution in [3.8, 4) is 11.1 Å². The van der Waals surface area contributed by atoms with E-state index in [1.807, 2.05) is 24.3 Å². The number of alkyl carbamates (subject to hydrolysis) is 1. The number of amides is 1. The number of anilines is 1. The summed E-state index contributed by atoms with van der Waals surface area (Å²) in [7, 11) is 0. The van der Waals surface area contributed by atoms with E-state index in [9.17, 15) is 15.0 Å². The fraction of sp³-hybridized carbons (Fsp3) is 0.280. The molecule has 3 aromatic rings. The minimum absolute atomic E-state index is 0.0135. The summed E-state index contributed by atoms with van der Waals surface area (Å²) in [5.41, 5.74) is 12.0. The molecule has 2 atom stereocenters. The van der Waals surface area contributed by atoms with Crippen molar-refractivity contribution >= 4 is 11.8 Å². The zero-order valence-electron chi connectivity index (χ0n) is 17.9. The van der Waals surface area contributed by atoms with Gasteiger partial charge in [0.05, 0.1) is 23.7 Å². The molecule has 1 heterocycles. The lowest BCUT2D eigenvalue weighted by molar-refractivity contribution is 0.0112. The monoisotopic (exact) mass is 433 g/mol. The van der Waals surface area contributed by atoms with Crippen LogP contribution in [0.25, 0.3) is 11.1 Å². The Kier molecular flexibility index (Phi) is 6.39. The van der Waals surface area contributed by atoms with E-state index in [0.717, 1.165) is 16.7 Å². The smallest absolute Gasteiger partial charge is 0.407 e. The van der Waals surface area contributed by atoms with Crippen molar-refractivity contribution in [2.45, 2.75) is 31.5 Å². The van der Waals surface area contributed by atoms with Gasteiger partial charge in [0.2, 0.25) is 0 Å². The van der Waals surface area contributed by atoms with Crippen molar-refractivity contribution in [1.29, 1.82) is 0 Å². The van der Waals surface area contributed by atoms with Crippen molar-refractivity contribution < 1.29 is 19.7 Å². The molecule has 1 aliphatic carbocycles. The number of nitrogens with one attached hydrogen (secondary N) is 1. The number of nitrogens with zero attached hydrogens (tertiary/aromatic N) is 1. The van der Waals surface area contributed by atoms with Crippen molar-refractivity contribution in [2.24, 2.45) is 0 Å². The maximum Gasteiger partial charge on any atom is 0.407 e. The molecule has 1 aliphatic rings. The Labute approximate surface area is 186 Å². The number of benzene rings is 2. The van der Waals surface area contributed by atoms with E-state index in [0.29, 0.717) is 11.4 Å². The van der Waals surface area contributed by atoms with Crippen LogP contribution in [0.4, 0.5) is 10.5 Å². The number of carbonyl (C=O) groups is 1. The van der Waals surface area contributed by atoms with E-state index in [1.165, 1.54) is 17.3 Å². The summed E-state index contributed by atoms with van der Waals surface area (Å²) in [6, 6.07) is 17.9. The maximum atomic E-state index is 12.2. The summed E-state index contributed by atoms with van der Waals surface area (Å²) >= 11 is 0. The molecule has 0 radical (unpaired) electrons. The van der Waals surface area contributed by atoms with E-state index < -0.39 is 18.3 Å². The predicted molar refractivity (Wildman–Crippen MR) is 122 cm³/mol. The van der Waals surface area contributed by atoms with Crippen LogP contribution in [0, 0.1) is 6.92 Å². The molecule has 0 saturated carbocycles. The van der Waals surface area contributed by atoms with Gasteiger partial charge in [0.25, 0.3) is 0 Å². The molecule has 0 spiro atoms. The van der Waals surface area contributed by atoms with Gasteiger partial charge in [-0.25, -0.2) is 4.79 Å². The predicted octanol–water partition coefficient (Wildman–Crippen LogP) is 3.30. The van der Waals surface area contributed by atoms with Gasteiger partial charge in [-0.05, 0) is 47.2 Å². The van der Waals surface area contributed by atoms with E-state index in [4.69, 9.17) is 10.5 Å². The number of aryl methyl sites for hydroxylation is 1. The van der Waals surface area contributed by atoms with Crippen molar-refractivity contribution in [2.75, 3.05) is 18.9 Å². The van der Waals surface area contributed by atoms with Gasteiger partial charge in [-0.3, -0.25) is 4.98 Å². The SMILES string of the molecule is Cc1cc(C(O)C(O)CCNC(=O)OCC2c3ccccc3-c3ccccc32)ncc1N. The maximum absolute atomic E-state index is 12.2. The molecule has 4 rings (SSSR count). The van der Waals surface area contributed by atoms with Crippen LogP contribution >= 0.6 is 0 Å². The highest BCUT2D eigenvalue weighted by Gasteiger charge is 2.29. The average molecular weight is 434 g/mol. The second kappa shape index (κ2) is 9.38. The standard InChI is InChI=1S/C25H27N3O4/c1-15-12-22(28-13-21(15)26)24(30)23(29)10-11-27-25(31)32-14-20-18-8-4-2-6-16(18)17-7-3-5-9-19(17)20/h2-9,12-13,20,23-24,29-30H,10-11,14,26H2,1H3,(H,27,31). The second-order valence-corrected chi connectivity index (χ2v) is 8.02. The van der Waals surface area contributed by atoms with Gasteiger partial charge in [-0.2, -0.15) is 0 Å². The third-order valence-corrected chi connectivity index (χ3v) is 5.89. The van der Waals surface area contributed by atoms with Crippen LogP contribution in [0.15, 0.2) is 60.8 Å². The highest BCUT2D eigenvalue weighted by Crippen LogP contribution is 2.44. The van der Waals surface area contributed by atoms with Gasteiger partial charge in [-0.15, -0.1) is 0 Å². The number of fused-ring (bicyclic) bond motifs is 3. The fourth-order valence-electron chi connectivity index (χ4n) is 4.08. The second-order valence-electron chi connectivity index (χ2n) is 8.02. The Morgan fingerprint density at radius 1 is 1.12 bits per heavy atom. The minimum Gasteiger partial charge on any atom is -0.449 e. The number of hydrogen-bond acceptors (Lipinski definition) is 6. The Balaban J connectivity index is 1.28. The summed E-state index contributed by atoms with van der Waals surface area (Å²) in [6.45, 7) is 2.18. The van der Waals surface area contributed by atoms with Crippen molar-refractivity contribution in [1.82, 2.24) is 10.3 Å². The lowest BCUT2D eigenvalue weighted by Crippen LogP contribution is -2.31. The molecule has 1 aromatic heterocycles. The van der Waals surface area contributed by atoms with E-state index in [2.05, 4.69) is 34.6 Å². The highest BCUT2D eigenvalue weighted by molar-refractivity contribution is 5.79. The third-order valence-electron chi connectivity index (χ3n) is 5.89. The lowest BCUT2D eigenvalue weighted by atomic mass is 9.98. The summed E-state index contributed by atoms with van der Waals surface area (Å²) in [6.07, 6.45) is -1.21. The Hall–Kier alpha value is -3.42. The Bertz CT molecular complexity index is 1070. The molecule has 0 fully saturated rings. The molecular weight excluding hydrogens is 406 g/mol. The number of hydrogen-bond donors (Lipinski definition) is 4. The molecule has 5 N–H and O–H groups in total. The molecule has 32 heavy (non-hydrogen) atoms. The van der Waals surface area contributed by atoms with E-state index >= 15 is 0 Å². The Morgan fingerprint density at radius 3 is 2.38 bits per heavy atom. The van der Waals surface area contributed by atoms with Crippen LogP contribution in [-0.2, 0) is 4.74 Å². The van der Waals surface area contributed by atoms with Crippen LogP contribution in [0.1, 0.15) is 40.8 Å². The van der Waals surface area contributed by atoms with E-state index in [1.54, 1.807) is 13.0 Å². The zero-order valence-corrected chi connectivity index (χ0v) is 17.9. The first-order valence-corrected chi connectivity index (χ1v) is 10.6. The van der Waals surface area contributed by atoms with Gasteiger partial charge in [0.1, 0.15) is 12.7 Å². The zero-order chi connectivity index (χ0) is 22.7. The molecular formula is C25H27N3O4. The summed E-state index contributed by atoms with van der Waals surface area (Å²) in [5, 5.41) is 23.2. The van der Waals surface area contributed by atoms with Gasteiger partial charge >= 0.3 is 6.09 Å². The normalized spacial score (nSPS) is 14.3. The lowest BCUT2D eigenvalue weighted by Gasteiger charge is -2.18. The number of rotatable bonds is 7. The molecule has 7 nitrogen and oxygen atoms in total. The topological polar surface area (TPSA) is 118 Å². The van der Waals surface area contributed by atoms with Crippen LogP contribution in [0.2, 0.25) is 0 Å². The number of pyridine rings is 1. The molecule has 7 heteroatoms. The van der Waals surface area contributed by atoms with Crippen LogP contribution < -0.4 is 11.1 Å². The fourth-order valence-corrected chi connectivity index (χ4v) is 4.08. The first-order valence-electron chi connectivity index (χ1n) is 10.6. The molecule has 0 bridgehead atoms. The minimum atomic E-state index is -1.17. The van der Waals surface area contributed by atoms with Crippen LogP contribution in [0.3, 0.4) is 0 Å². The highest BCUT2D eigenvalue weighted by atomic mass is 16.5. The molecule has 2 aromatic carbocycles. The number of aliphatic hydroxyl groups is 2. The summed E-state index contributed by atoms with van der Waals surface area (Å²) in [5.74, 6) is -0.0135. The van der Waals surface area contributed by atoms with Gasteiger partial charge < -0.3 is 26.0 Å². The van der Waals surface area contributed by atoms with Gasteiger partial charge in [0.15, 0.2) is 0 Å². The largest absolute Gasteiger partial charge is 0.449 e. The van der Waals surface area contributed by atoms with Crippen molar-refractivity contribution in [3.63, 3.8) is 0 Å². The van der Waals surface area contributed by atoms with Crippen LogP contribution in [0.5, 0.6) is 0 Å². The average Bonchev–Trinajstić information content (AvgIpc) is 3.12. The molecule has 1 amide bonds. The first kappa shape index (κ1) is 21.8. The Morgan fingerprint density at radius 2 is 1.75 bits per heavy atom. The third kappa shape index (κ3) is 4.44. The number of aliphatic hydroxyl groups excluding tert-OH is 2. The van der Waals surface area contributed by atoms with Gasteiger partial charge in [0, 0.05) is 12.5 Å². The number of aromatic nitrogens is 1.